The highest BCUT2D eigenvalue weighted by atomic mass is 16.2. The molecule has 0 aliphatic carbocycles. The van der Waals surface area contributed by atoms with E-state index in [9.17, 15) is 4.79 Å². The van der Waals surface area contributed by atoms with Crippen molar-refractivity contribution < 1.29 is 4.79 Å². The Balaban J connectivity index is 2.09. The Morgan fingerprint density at radius 3 is 2.56 bits per heavy atom. The van der Waals surface area contributed by atoms with E-state index >= 15 is 0 Å². The Labute approximate surface area is 96.2 Å². The zero-order valence-electron chi connectivity index (χ0n) is 9.65. The van der Waals surface area contributed by atoms with E-state index in [0.717, 1.165) is 6.42 Å². The second kappa shape index (κ2) is 4.66. The lowest BCUT2D eigenvalue weighted by Crippen LogP contribution is -2.48. The molecular formula is C13H18N2O. The first-order chi connectivity index (χ1) is 7.76. The van der Waals surface area contributed by atoms with Crippen LogP contribution in [0.5, 0.6) is 0 Å². The average molecular weight is 218 g/mol. The molecule has 0 spiro atoms. The van der Waals surface area contributed by atoms with Gasteiger partial charge in [-0.25, -0.2) is 0 Å². The van der Waals surface area contributed by atoms with Crippen LogP contribution in [0.1, 0.15) is 30.5 Å². The molecule has 0 radical (unpaired) electrons. The fourth-order valence-electron chi connectivity index (χ4n) is 2.15. The first-order valence-corrected chi connectivity index (χ1v) is 5.84. The lowest BCUT2D eigenvalue weighted by Gasteiger charge is -2.40. The molecule has 1 fully saturated rings. The molecule has 0 bridgehead atoms. The van der Waals surface area contributed by atoms with Gasteiger partial charge in [-0.1, -0.05) is 31.2 Å². The maximum absolute atomic E-state index is 11.4. The van der Waals surface area contributed by atoms with Gasteiger partial charge in [-0.3, -0.25) is 4.79 Å². The van der Waals surface area contributed by atoms with Crippen molar-refractivity contribution in [1.82, 2.24) is 4.90 Å². The molecule has 16 heavy (non-hydrogen) atoms. The number of rotatable bonds is 4. The Hall–Kier alpha value is -1.35. The van der Waals surface area contributed by atoms with Gasteiger partial charge in [0.1, 0.15) is 0 Å². The molecule has 2 rings (SSSR count). The molecule has 2 N–H and O–H groups in total. The number of carbonyl (C=O) groups excluding carboxylic acids is 1. The first-order valence-electron chi connectivity index (χ1n) is 5.84. The number of aryl methyl sites for hydroxylation is 1. The summed E-state index contributed by atoms with van der Waals surface area (Å²) in [5.41, 5.74) is 8.05. The van der Waals surface area contributed by atoms with Crippen LogP contribution in [0, 0.1) is 0 Å². The molecule has 1 unspecified atom stereocenters. The van der Waals surface area contributed by atoms with Gasteiger partial charge in [0.05, 0.1) is 12.5 Å². The Morgan fingerprint density at radius 2 is 2.06 bits per heavy atom. The summed E-state index contributed by atoms with van der Waals surface area (Å²) in [6.45, 7) is 3.34. The highest BCUT2D eigenvalue weighted by molar-refractivity contribution is 5.83. The predicted octanol–water partition coefficient (Wildman–Crippen LogP) is 1.48. The second-order valence-corrected chi connectivity index (χ2v) is 4.19. The number of carbonyl (C=O) groups is 1. The summed E-state index contributed by atoms with van der Waals surface area (Å²) in [5.74, 6) is 0.218. The van der Waals surface area contributed by atoms with Crippen molar-refractivity contribution in [3.8, 4) is 0 Å². The van der Waals surface area contributed by atoms with Crippen molar-refractivity contribution in [3.63, 3.8) is 0 Å². The average Bonchev–Trinajstić information content (AvgIpc) is 2.33. The summed E-state index contributed by atoms with van der Waals surface area (Å²) < 4.78 is 0. The van der Waals surface area contributed by atoms with Gasteiger partial charge in [-0.15, -0.1) is 0 Å². The van der Waals surface area contributed by atoms with Crippen LogP contribution in [0.15, 0.2) is 24.3 Å². The summed E-state index contributed by atoms with van der Waals surface area (Å²) >= 11 is 0. The van der Waals surface area contributed by atoms with Crippen LogP contribution >= 0.6 is 0 Å². The van der Waals surface area contributed by atoms with Gasteiger partial charge in [0, 0.05) is 13.1 Å². The van der Waals surface area contributed by atoms with Gasteiger partial charge in [0.2, 0.25) is 5.91 Å². The minimum Gasteiger partial charge on any atom is -0.334 e. The van der Waals surface area contributed by atoms with Crippen LogP contribution in [0.2, 0.25) is 0 Å². The van der Waals surface area contributed by atoms with Crippen molar-refractivity contribution in [2.24, 2.45) is 5.73 Å². The normalized spacial score (nSPS) is 19.8. The van der Waals surface area contributed by atoms with Crippen LogP contribution in [0.4, 0.5) is 0 Å². The van der Waals surface area contributed by atoms with E-state index in [4.69, 9.17) is 5.73 Å². The number of nitrogens with two attached hydrogens (primary N) is 1. The molecule has 1 atom stereocenters. The van der Waals surface area contributed by atoms with Crippen molar-refractivity contribution in [2.75, 3.05) is 13.1 Å². The molecule has 3 heteroatoms. The van der Waals surface area contributed by atoms with E-state index < -0.39 is 0 Å². The quantitative estimate of drug-likeness (QED) is 0.778. The van der Waals surface area contributed by atoms with Gasteiger partial charge >= 0.3 is 0 Å². The van der Waals surface area contributed by atoms with Gasteiger partial charge in [-0.05, 0) is 17.5 Å². The van der Waals surface area contributed by atoms with Gasteiger partial charge in [0.25, 0.3) is 0 Å². The topological polar surface area (TPSA) is 46.3 Å². The minimum atomic E-state index is 0.218. The van der Waals surface area contributed by atoms with Crippen LogP contribution in [0.3, 0.4) is 0 Å². The molecule has 1 aliphatic heterocycles. The molecule has 1 aliphatic rings. The molecule has 3 nitrogen and oxygen atoms in total. The van der Waals surface area contributed by atoms with E-state index in [-0.39, 0.29) is 11.9 Å². The molecule has 0 saturated carbocycles. The molecule has 86 valence electrons. The fourth-order valence-corrected chi connectivity index (χ4v) is 2.15. The highest BCUT2D eigenvalue weighted by Gasteiger charge is 2.36. The molecule has 0 aromatic heterocycles. The van der Waals surface area contributed by atoms with Crippen molar-refractivity contribution in [1.29, 1.82) is 0 Å². The summed E-state index contributed by atoms with van der Waals surface area (Å²) in [6, 6.07) is 8.78. The van der Waals surface area contributed by atoms with E-state index in [0.29, 0.717) is 19.5 Å². The highest BCUT2D eigenvalue weighted by Crippen LogP contribution is 2.33. The molecular weight excluding hydrogens is 200 g/mol. The summed E-state index contributed by atoms with van der Waals surface area (Å²) in [4.78, 5) is 13.3. The van der Waals surface area contributed by atoms with Gasteiger partial charge in [0.15, 0.2) is 0 Å². The Bertz CT molecular complexity index is 372. The number of likely N-dealkylation sites (tertiary alicyclic amines) is 1. The van der Waals surface area contributed by atoms with Crippen molar-refractivity contribution in [3.05, 3.63) is 35.4 Å². The third-order valence-corrected chi connectivity index (χ3v) is 3.21. The molecule has 1 saturated heterocycles. The van der Waals surface area contributed by atoms with Crippen LogP contribution in [-0.4, -0.2) is 23.9 Å². The third kappa shape index (κ3) is 1.95. The van der Waals surface area contributed by atoms with E-state index in [1.807, 2.05) is 4.90 Å². The van der Waals surface area contributed by atoms with Gasteiger partial charge in [-0.2, -0.15) is 0 Å². The second-order valence-electron chi connectivity index (χ2n) is 4.19. The number of amides is 1. The zero-order valence-corrected chi connectivity index (χ0v) is 9.65. The predicted molar refractivity (Wildman–Crippen MR) is 63.9 cm³/mol. The number of hydrogen-bond donors (Lipinski definition) is 1. The van der Waals surface area contributed by atoms with Crippen LogP contribution in [-0.2, 0) is 11.2 Å². The van der Waals surface area contributed by atoms with Crippen molar-refractivity contribution in [2.45, 2.75) is 25.8 Å². The number of β-lactam (4-membered cyclic amide) rings is 1. The summed E-state index contributed by atoms with van der Waals surface area (Å²) in [5, 5.41) is 0. The largest absolute Gasteiger partial charge is 0.334 e. The zero-order chi connectivity index (χ0) is 11.5. The number of nitrogens with zero attached hydrogens (tertiary/aromatic N) is 1. The van der Waals surface area contributed by atoms with E-state index in [1.165, 1.54) is 11.1 Å². The maximum atomic E-state index is 11.4. The Morgan fingerprint density at radius 1 is 1.38 bits per heavy atom. The molecule has 1 heterocycles. The number of benzene rings is 1. The third-order valence-electron chi connectivity index (χ3n) is 3.21. The van der Waals surface area contributed by atoms with E-state index in [2.05, 4.69) is 31.2 Å². The lowest BCUT2D eigenvalue weighted by molar-refractivity contribution is -0.146. The maximum Gasteiger partial charge on any atom is 0.225 e. The Kier molecular flexibility index (Phi) is 3.25. The number of hydrogen-bond acceptors (Lipinski definition) is 2. The lowest BCUT2D eigenvalue weighted by atomic mass is 9.93. The molecule has 1 amide bonds. The fraction of sp³-hybridized carbons (Fsp3) is 0.462. The van der Waals surface area contributed by atoms with Crippen molar-refractivity contribution >= 4 is 5.91 Å². The van der Waals surface area contributed by atoms with E-state index in [1.54, 1.807) is 0 Å². The molecule has 1 aromatic carbocycles. The molecule has 1 aromatic rings. The first kappa shape index (κ1) is 11.1. The standard InChI is InChI=1S/C13H18N2O/c1-2-10-3-5-11(6-4-10)12-9-13(16)15(12)8-7-14/h3-6,12H,2,7-9,14H2,1H3. The smallest absolute Gasteiger partial charge is 0.225 e. The summed E-state index contributed by atoms with van der Waals surface area (Å²) in [7, 11) is 0. The minimum absolute atomic E-state index is 0.218. The monoisotopic (exact) mass is 218 g/mol. The summed E-state index contributed by atoms with van der Waals surface area (Å²) in [6.07, 6.45) is 1.68. The van der Waals surface area contributed by atoms with Crippen LogP contribution < -0.4 is 5.73 Å². The van der Waals surface area contributed by atoms with Crippen LogP contribution in [0.25, 0.3) is 0 Å². The van der Waals surface area contributed by atoms with Gasteiger partial charge < -0.3 is 10.6 Å². The SMILES string of the molecule is CCc1ccc(C2CC(=O)N2CCN)cc1.